The maximum atomic E-state index is 13.3. The number of rotatable bonds is 6. The summed E-state index contributed by atoms with van der Waals surface area (Å²) >= 11 is 0. The number of nitrogens with one attached hydrogen (secondary N) is 1. The molecule has 0 radical (unpaired) electrons. The second-order valence-electron chi connectivity index (χ2n) is 4.63. The summed E-state index contributed by atoms with van der Waals surface area (Å²) in [6.45, 7) is 2.20. The van der Waals surface area contributed by atoms with Gasteiger partial charge in [-0.25, -0.2) is 4.39 Å². The molecule has 0 saturated heterocycles. The molecule has 2 aromatic rings. The van der Waals surface area contributed by atoms with Crippen molar-refractivity contribution in [1.29, 1.82) is 0 Å². The summed E-state index contributed by atoms with van der Waals surface area (Å²) in [5.41, 5.74) is 1.93. The summed E-state index contributed by atoms with van der Waals surface area (Å²) in [4.78, 5) is 11.8. The highest BCUT2D eigenvalue weighted by molar-refractivity contribution is 5.90. The van der Waals surface area contributed by atoms with Gasteiger partial charge in [-0.15, -0.1) is 0 Å². The summed E-state index contributed by atoms with van der Waals surface area (Å²) < 4.78 is 18.6. The number of carbonyl (C=O) groups is 1. The van der Waals surface area contributed by atoms with Gasteiger partial charge in [-0.05, 0) is 36.2 Å². The molecule has 110 valence electrons. The van der Waals surface area contributed by atoms with Gasteiger partial charge in [0.1, 0.15) is 0 Å². The quantitative estimate of drug-likeness (QED) is 0.877. The number of amides is 1. The molecular weight excluding hydrogens is 269 g/mol. The monoisotopic (exact) mass is 287 g/mol. The van der Waals surface area contributed by atoms with E-state index in [2.05, 4.69) is 12.2 Å². The standard InChI is InChI=1S/C17H18FNO2/c1-2-13-6-5-7-14(12-13)19-17(20)10-11-21-16-9-4-3-8-15(16)18/h3-9,12H,2,10-11H2,1H3,(H,19,20). The van der Waals surface area contributed by atoms with Crippen LogP contribution < -0.4 is 10.1 Å². The first-order valence-corrected chi connectivity index (χ1v) is 6.95. The van der Waals surface area contributed by atoms with Crippen LogP contribution in [-0.2, 0) is 11.2 Å². The molecule has 2 rings (SSSR count). The Bertz CT molecular complexity index is 613. The average molecular weight is 287 g/mol. The normalized spacial score (nSPS) is 10.2. The number of benzene rings is 2. The van der Waals surface area contributed by atoms with Crippen molar-refractivity contribution in [3.05, 3.63) is 59.9 Å². The third kappa shape index (κ3) is 4.60. The minimum Gasteiger partial charge on any atom is -0.490 e. The molecule has 0 aliphatic rings. The number of halogens is 1. The zero-order valence-electron chi connectivity index (χ0n) is 11.9. The Labute approximate surface area is 123 Å². The summed E-state index contributed by atoms with van der Waals surface area (Å²) in [6.07, 6.45) is 1.09. The minimum atomic E-state index is -0.423. The van der Waals surface area contributed by atoms with Gasteiger partial charge in [-0.2, -0.15) is 0 Å². The first-order chi connectivity index (χ1) is 10.2. The van der Waals surface area contributed by atoms with Crippen molar-refractivity contribution >= 4 is 11.6 Å². The summed E-state index contributed by atoms with van der Waals surface area (Å²) in [5, 5.41) is 2.80. The topological polar surface area (TPSA) is 38.3 Å². The van der Waals surface area contributed by atoms with Gasteiger partial charge in [0.25, 0.3) is 0 Å². The van der Waals surface area contributed by atoms with E-state index in [4.69, 9.17) is 4.74 Å². The number of para-hydroxylation sites is 1. The number of aryl methyl sites for hydroxylation is 1. The van der Waals surface area contributed by atoms with Crippen LogP contribution in [-0.4, -0.2) is 12.5 Å². The van der Waals surface area contributed by atoms with Crippen molar-refractivity contribution in [3.63, 3.8) is 0 Å². The highest BCUT2D eigenvalue weighted by Crippen LogP contribution is 2.16. The van der Waals surface area contributed by atoms with Crippen molar-refractivity contribution in [2.75, 3.05) is 11.9 Å². The Kier molecular flexibility index (Phi) is 5.32. The molecule has 1 amide bonds. The molecule has 0 heterocycles. The lowest BCUT2D eigenvalue weighted by atomic mass is 10.1. The van der Waals surface area contributed by atoms with Crippen LogP contribution in [0.4, 0.5) is 10.1 Å². The van der Waals surface area contributed by atoms with E-state index in [1.165, 1.54) is 12.1 Å². The highest BCUT2D eigenvalue weighted by atomic mass is 19.1. The van der Waals surface area contributed by atoms with Crippen LogP contribution in [0.3, 0.4) is 0 Å². The molecule has 0 saturated carbocycles. The van der Waals surface area contributed by atoms with Gasteiger partial charge in [0.15, 0.2) is 11.6 Å². The fraction of sp³-hybridized carbons (Fsp3) is 0.235. The van der Waals surface area contributed by atoms with Crippen LogP contribution >= 0.6 is 0 Å². The van der Waals surface area contributed by atoms with Crippen molar-refractivity contribution in [2.24, 2.45) is 0 Å². The Morgan fingerprint density at radius 1 is 1.19 bits per heavy atom. The van der Waals surface area contributed by atoms with Crippen molar-refractivity contribution in [2.45, 2.75) is 19.8 Å². The summed E-state index contributed by atoms with van der Waals surface area (Å²) in [6, 6.07) is 13.8. The lowest BCUT2D eigenvalue weighted by Crippen LogP contribution is -2.15. The van der Waals surface area contributed by atoms with E-state index in [1.54, 1.807) is 12.1 Å². The molecule has 2 aromatic carbocycles. The highest BCUT2D eigenvalue weighted by Gasteiger charge is 2.05. The largest absolute Gasteiger partial charge is 0.490 e. The third-order valence-corrected chi connectivity index (χ3v) is 3.04. The molecule has 0 spiro atoms. The maximum absolute atomic E-state index is 13.3. The van der Waals surface area contributed by atoms with E-state index in [-0.39, 0.29) is 24.7 Å². The molecular formula is C17H18FNO2. The van der Waals surface area contributed by atoms with Crippen LogP contribution in [0.1, 0.15) is 18.9 Å². The second kappa shape index (κ2) is 7.43. The summed E-state index contributed by atoms with van der Waals surface area (Å²) in [7, 11) is 0. The van der Waals surface area contributed by atoms with Crippen molar-refractivity contribution < 1.29 is 13.9 Å². The van der Waals surface area contributed by atoms with Gasteiger partial charge < -0.3 is 10.1 Å². The first-order valence-electron chi connectivity index (χ1n) is 6.95. The molecule has 21 heavy (non-hydrogen) atoms. The van der Waals surface area contributed by atoms with E-state index in [1.807, 2.05) is 24.3 Å². The first kappa shape index (κ1) is 15.0. The molecule has 4 heteroatoms. The third-order valence-electron chi connectivity index (χ3n) is 3.04. The van der Waals surface area contributed by atoms with E-state index in [0.717, 1.165) is 17.7 Å². The molecule has 0 aromatic heterocycles. The lowest BCUT2D eigenvalue weighted by Gasteiger charge is -2.08. The SMILES string of the molecule is CCc1cccc(NC(=O)CCOc2ccccc2F)c1. The van der Waals surface area contributed by atoms with Crippen LogP contribution in [0, 0.1) is 5.82 Å². The van der Waals surface area contributed by atoms with Gasteiger partial charge in [-0.1, -0.05) is 31.2 Å². The molecule has 0 aliphatic heterocycles. The molecule has 0 bridgehead atoms. The predicted octanol–water partition coefficient (Wildman–Crippen LogP) is 3.80. The number of hydrogen-bond donors (Lipinski definition) is 1. The van der Waals surface area contributed by atoms with E-state index in [9.17, 15) is 9.18 Å². The lowest BCUT2D eigenvalue weighted by molar-refractivity contribution is -0.116. The van der Waals surface area contributed by atoms with E-state index < -0.39 is 5.82 Å². The molecule has 0 fully saturated rings. The number of anilines is 1. The number of hydrogen-bond acceptors (Lipinski definition) is 2. The fourth-order valence-electron chi connectivity index (χ4n) is 1.91. The van der Waals surface area contributed by atoms with Crippen LogP contribution in [0.5, 0.6) is 5.75 Å². The molecule has 3 nitrogen and oxygen atoms in total. The van der Waals surface area contributed by atoms with Crippen LogP contribution in [0.25, 0.3) is 0 Å². The molecule has 0 aliphatic carbocycles. The van der Waals surface area contributed by atoms with Gasteiger partial charge in [0.05, 0.1) is 13.0 Å². The number of ether oxygens (including phenoxy) is 1. The molecule has 0 atom stereocenters. The zero-order valence-corrected chi connectivity index (χ0v) is 11.9. The Hall–Kier alpha value is -2.36. The zero-order chi connectivity index (χ0) is 15.1. The number of carbonyl (C=O) groups excluding carboxylic acids is 1. The Morgan fingerprint density at radius 2 is 2.00 bits per heavy atom. The van der Waals surface area contributed by atoms with E-state index in [0.29, 0.717) is 0 Å². The van der Waals surface area contributed by atoms with Crippen molar-refractivity contribution in [1.82, 2.24) is 0 Å². The maximum Gasteiger partial charge on any atom is 0.227 e. The smallest absolute Gasteiger partial charge is 0.227 e. The molecule has 0 unspecified atom stereocenters. The van der Waals surface area contributed by atoms with Gasteiger partial charge in [-0.3, -0.25) is 4.79 Å². The second-order valence-corrected chi connectivity index (χ2v) is 4.63. The van der Waals surface area contributed by atoms with Crippen LogP contribution in [0.15, 0.2) is 48.5 Å². The van der Waals surface area contributed by atoms with Gasteiger partial charge in [0.2, 0.25) is 5.91 Å². The predicted molar refractivity (Wildman–Crippen MR) is 81.0 cm³/mol. The Balaban J connectivity index is 1.81. The van der Waals surface area contributed by atoms with Gasteiger partial charge >= 0.3 is 0 Å². The van der Waals surface area contributed by atoms with E-state index >= 15 is 0 Å². The van der Waals surface area contributed by atoms with Crippen molar-refractivity contribution in [3.8, 4) is 5.75 Å². The minimum absolute atomic E-state index is 0.139. The fourth-order valence-corrected chi connectivity index (χ4v) is 1.91. The van der Waals surface area contributed by atoms with Gasteiger partial charge in [0, 0.05) is 5.69 Å². The summed E-state index contributed by atoms with van der Waals surface area (Å²) in [5.74, 6) is -0.411. The Morgan fingerprint density at radius 3 is 2.76 bits per heavy atom. The van der Waals surface area contributed by atoms with Crippen LogP contribution in [0.2, 0.25) is 0 Å². The molecule has 1 N–H and O–H groups in total. The average Bonchev–Trinajstić information content (AvgIpc) is 2.49.